The van der Waals surface area contributed by atoms with Crippen LogP contribution in [-0.4, -0.2) is 26.6 Å². The van der Waals surface area contributed by atoms with Gasteiger partial charge in [0.1, 0.15) is 0 Å². The topological polar surface area (TPSA) is 75.1 Å². The second-order valence-corrected chi connectivity index (χ2v) is 3.98. The van der Waals surface area contributed by atoms with Crippen LogP contribution in [0.4, 0.5) is 5.95 Å². The molecule has 0 amide bonds. The van der Waals surface area contributed by atoms with Gasteiger partial charge >= 0.3 is 5.97 Å². The van der Waals surface area contributed by atoms with Crippen LogP contribution in [0.15, 0.2) is 12.4 Å². The number of aromatic carboxylic acids is 1. The summed E-state index contributed by atoms with van der Waals surface area (Å²) in [6, 6.07) is 0. The van der Waals surface area contributed by atoms with Gasteiger partial charge in [0.25, 0.3) is 0 Å². The molecule has 0 radical (unpaired) electrons. The van der Waals surface area contributed by atoms with E-state index in [9.17, 15) is 4.79 Å². The fourth-order valence-corrected chi connectivity index (χ4v) is 0.838. The van der Waals surface area contributed by atoms with Gasteiger partial charge in [0.2, 0.25) is 5.95 Å². The number of nitrogens with one attached hydrogen (secondary N) is 1. The van der Waals surface area contributed by atoms with Crippen molar-refractivity contribution in [1.82, 2.24) is 9.97 Å². The lowest BCUT2D eigenvalue weighted by molar-refractivity contribution is 0.0696. The lowest BCUT2D eigenvalue weighted by atomic mass is 10.1. The maximum Gasteiger partial charge on any atom is 0.338 e. The number of rotatable bonds is 2. The molecule has 14 heavy (non-hydrogen) atoms. The lowest BCUT2D eigenvalue weighted by Gasteiger charge is -2.19. The summed E-state index contributed by atoms with van der Waals surface area (Å²) in [5, 5.41) is 11.6. The van der Waals surface area contributed by atoms with Gasteiger partial charge in [-0.25, -0.2) is 14.8 Å². The molecule has 0 fully saturated rings. The Morgan fingerprint density at radius 2 is 1.86 bits per heavy atom. The molecule has 0 saturated heterocycles. The SMILES string of the molecule is CC(C)(C)Nc1ncc(C(=O)O)cn1. The van der Waals surface area contributed by atoms with E-state index >= 15 is 0 Å². The molecule has 0 saturated carbocycles. The van der Waals surface area contributed by atoms with Gasteiger partial charge in [-0.3, -0.25) is 0 Å². The Balaban J connectivity index is 2.79. The number of hydrogen-bond acceptors (Lipinski definition) is 4. The molecule has 0 atom stereocenters. The molecule has 0 aliphatic carbocycles. The molecule has 1 rings (SSSR count). The van der Waals surface area contributed by atoms with Crippen LogP contribution in [0.3, 0.4) is 0 Å². The van der Waals surface area contributed by atoms with Crippen LogP contribution in [0, 0.1) is 0 Å². The first kappa shape index (κ1) is 10.4. The van der Waals surface area contributed by atoms with Gasteiger partial charge in [-0.1, -0.05) is 0 Å². The van der Waals surface area contributed by atoms with Crippen molar-refractivity contribution in [1.29, 1.82) is 0 Å². The van der Waals surface area contributed by atoms with E-state index in [4.69, 9.17) is 5.11 Å². The van der Waals surface area contributed by atoms with Crippen LogP contribution < -0.4 is 5.32 Å². The molecule has 1 aromatic heterocycles. The lowest BCUT2D eigenvalue weighted by Crippen LogP contribution is -2.27. The predicted octanol–water partition coefficient (Wildman–Crippen LogP) is 1.39. The molecule has 0 aromatic carbocycles. The average Bonchev–Trinajstić information content (AvgIpc) is 2.02. The molecule has 0 spiro atoms. The Kier molecular flexibility index (Phi) is 2.69. The summed E-state index contributed by atoms with van der Waals surface area (Å²) < 4.78 is 0. The van der Waals surface area contributed by atoms with Crippen molar-refractivity contribution in [3.05, 3.63) is 18.0 Å². The van der Waals surface area contributed by atoms with Crippen molar-refractivity contribution in [2.75, 3.05) is 5.32 Å². The number of nitrogens with zero attached hydrogens (tertiary/aromatic N) is 2. The quantitative estimate of drug-likeness (QED) is 0.745. The second kappa shape index (κ2) is 3.61. The Bertz CT molecular complexity index is 327. The molecule has 2 N–H and O–H groups in total. The minimum absolute atomic E-state index is 0.0875. The van der Waals surface area contributed by atoms with Crippen LogP contribution in [0.25, 0.3) is 0 Å². The van der Waals surface area contributed by atoms with Crippen molar-refractivity contribution in [2.45, 2.75) is 26.3 Å². The summed E-state index contributed by atoms with van der Waals surface area (Å²) >= 11 is 0. The highest BCUT2D eigenvalue weighted by Crippen LogP contribution is 2.08. The van der Waals surface area contributed by atoms with Gasteiger partial charge in [-0.15, -0.1) is 0 Å². The van der Waals surface area contributed by atoms with Crippen LogP contribution in [0.5, 0.6) is 0 Å². The molecule has 1 heterocycles. The van der Waals surface area contributed by atoms with Gasteiger partial charge in [0.15, 0.2) is 0 Å². The Morgan fingerprint density at radius 1 is 1.36 bits per heavy atom. The van der Waals surface area contributed by atoms with Crippen molar-refractivity contribution in [3.8, 4) is 0 Å². The van der Waals surface area contributed by atoms with Gasteiger partial charge in [0.05, 0.1) is 5.56 Å². The number of anilines is 1. The normalized spacial score (nSPS) is 11.1. The molecule has 0 aliphatic heterocycles. The molecule has 1 aromatic rings. The maximum absolute atomic E-state index is 10.5. The third kappa shape index (κ3) is 3.01. The van der Waals surface area contributed by atoms with Crippen LogP contribution in [-0.2, 0) is 0 Å². The fraction of sp³-hybridized carbons (Fsp3) is 0.444. The van der Waals surface area contributed by atoms with Crippen LogP contribution >= 0.6 is 0 Å². The maximum atomic E-state index is 10.5. The highest BCUT2D eigenvalue weighted by Gasteiger charge is 2.11. The van der Waals surface area contributed by atoms with Gasteiger partial charge < -0.3 is 10.4 Å². The van der Waals surface area contributed by atoms with Crippen molar-refractivity contribution < 1.29 is 9.90 Å². The standard InChI is InChI=1S/C9H13N3O2/c1-9(2,3)12-8-10-4-6(5-11-8)7(13)14/h4-5H,1-3H3,(H,13,14)(H,10,11,12). The van der Waals surface area contributed by atoms with E-state index in [2.05, 4.69) is 15.3 Å². The molecular weight excluding hydrogens is 182 g/mol. The van der Waals surface area contributed by atoms with E-state index in [1.54, 1.807) is 0 Å². The van der Waals surface area contributed by atoms with E-state index in [1.165, 1.54) is 12.4 Å². The summed E-state index contributed by atoms with van der Waals surface area (Å²) in [4.78, 5) is 18.3. The predicted molar refractivity (Wildman–Crippen MR) is 52.4 cm³/mol. The zero-order chi connectivity index (χ0) is 10.8. The van der Waals surface area contributed by atoms with Gasteiger partial charge in [-0.2, -0.15) is 0 Å². The third-order valence-corrected chi connectivity index (χ3v) is 1.39. The summed E-state index contributed by atoms with van der Waals surface area (Å²) in [5.74, 6) is -0.588. The first-order valence-corrected chi connectivity index (χ1v) is 4.22. The number of carboxylic acid groups (broad SMARTS) is 1. The molecule has 0 bridgehead atoms. The fourth-order valence-electron chi connectivity index (χ4n) is 0.838. The molecule has 76 valence electrons. The zero-order valence-electron chi connectivity index (χ0n) is 8.40. The van der Waals surface area contributed by atoms with Gasteiger partial charge in [-0.05, 0) is 20.8 Å². The second-order valence-electron chi connectivity index (χ2n) is 3.98. The van der Waals surface area contributed by atoms with Crippen molar-refractivity contribution in [3.63, 3.8) is 0 Å². The minimum atomic E-state index is -1.02. The van der Waals surface area contributed by atoms with E-state index in [0.29, 0.717) is 5.95 Å². The Labute approximate surface area is 82.2 Å². The number of carboxylic acids is 1. The molecular formula is C9H13N3O2. The zero-order valence-corrected chi connectivity index (χ0v) is 8.40. The van der Waals surface area contributed by atoms with Crippen molar-refractivity contribution >= 4 is 11.9 Å². The largest absolute Gasteiger partial charge is 0.478 e. The number of carbonyl (C=O) groups is 1. The molecule has 0 unspecified atom stereocenters. The van der Waals surface area contributed by atoms with Gasteiger partial charge in [0, 0.05) is 17.9 Å². The van der Waals surface area contributed by atoms with E-state index in [1.807, 2.05) is 20.8 Å². The minimum Gasteiger partial charge on any atom is -0.478 e. The Morgan fingerprint density at radius 3 is 2.21 bits per heavy atom. The molecule has 0 aliphatic rings. The Hall–Kier alpha value is -1.65. The first-order chi connectivity index (χ1) is 6.38. The third-order valence-electron chi connectivity index (χ3n) is 1.39. The van der Waals surface area contributed by atoms with E-state index < -0.39 is 5.97 Å². The summed E-state index contributed by atoms with van der Waals surface area (Å²) in [7, 11) is 0. The van der Waals surface area contributed by atoms with Crippen LogP contribution in [0.2, 0.25) is 0 Å². The smallest absolute Gasteiger partial charge is 0.338 e. The van der Waals surface area contributed by atoms with E-state index in [-0.39, 0.29) is 11.1 Å². The monoisotopic (exact) mass is 195 g/mol. The number of hydrogen-bond donors (Lipinski definition) is 2. The molecule has 5 heteroatoms. The highest BCUT2D eigenvalue weighted by atomic mass is 16.4. The average molecular weight is 195 g/mol. The summed E-state index contributed by atoms with van der Waals surface area (Å²) in [5.41, 5.74) is -0.0467. The molecule has 5 nitrogen and oxygen atoms in total. The summed E-state index contributed by atoms with van der Waals surface area (Å²) in [6.45, 7) is 5.92. The first-order valence-electron chi connectivity index (χ1n) is 4.22. The van der Waals surface area contributed by atoms with Crippen molar-refractivity contribution in [2.24, 2.45) is 0 Å². The number of aromatic nitrogens is 2. The summed E-state index contributed by atoms with van der Waals surface area (Å²) in [6.07, 6.45) is 2.56. The van der Waals surface area contributed by atoms with E-state index in [0.717, 1.165) is 0 Å². The van der Waals surface area contributed by atoms with Crippen LogP contribution in [0.1, 0.15) is 31.1 Å². The highest BCUT2D eigenvalue weighted by molar-refractivity contribution is 5.86.